The Balaban J connectivity index is 3.58. The van der Waals surface area contributed by atoms with Crippen molar-refractivity contribution in [2.45, 2.75) is 26.7 Å². The van der Waals surface area contributed by atoms with Crippen LogP contribution in [0.3, 0.4) is 0 Å². The minimum Gasteiger partial charge on any atom is -0.396 e. The smallest absolute Gasteiger partial charge is 0.213 e. The molecule has 0 saturated heterocycles. The third-order valence-corrected chi connectivity index (χ3v) is 3.56. The van der Waals surface area contributed by atoms with Crippen LogP contribution in [0, 0.1) is 5.92 Å². The summed E-state index contributed by atoms with van der Waals surface area (Å²) in [5.41, 5.74) is 0. The van der Waals surface area contributed by atoms with E-state index in [-0.39, 0.29) is 24.9 Å². The van der Waals surface area contributed by atoms with E-state index in [2.05, 4.69) is 4.72 Å². The predicted molar refractivity (Wildman–Crippen MR) is 63.8 cm³/mol. The van der Waals surface area contributed by atoms with Gasteiger partial charge >= 0.3 is 0 Å². The van der Waals surface area contributed by atoms with Crippen molar-refractivity contribution < 1.29 is 18.3 Å². The van der Waals surface area contributed by atoms with Crippen LogP contribution in [0.2, 0.25) is 0 Å². The van der Waals surface area contributed by atoms with Gasteiger partial charge in [-0.3, -0.25) is 0 Å². The summed E-state index contributed by atoms with van der Waals surface area (Å²) >= 11 is 0. The molecule has 0 aromatic rings. The third-order valence-electron chi connectivity index (χ3n) is 2.21. The summed E-state index contributed by atoms with van der Waals surface area (Å²) in [6.45, 7) is 5.11. The molecular formula is C10H23NO4S. The molecule has 5 nitrogen and oxygen atoms in total. The zero-order chi connectivity index (χ0) is 12.4. The highest BCUT2D eigenvalue weighted by Crippen LogP contribution is 2.02. The largest absolute Gasteiger partial charge is 0.396 e. The number of nitrogens with one attached hydrogen (secondary N) is 1. The molecule has 0 aliphatic rings. The summed E-state index contributed by atoms with van der Waals surface area (Å²) in [5.74, 6) is 0.240. The molecule has 98 valence electrons. The van der Waals surface area contributed by atoms with Gasteiger partial charge in [-0.1, -0.05) is 6.92 Å². The second kappa shape index (κ2) is 8.92. The van der Waals surface area contributed by atoms with Crippen LogP contribution in [0.25, 0.3) is 0 Å². The van der Waals surface area contributed by atoms with E-state index < -0.39 is 10.0 Å². The van der Waals surface area contributed by atoms with E-state index in [1.54, 1.807) is 0 Å². The molecule has 16 heavy (non-hydrogen) atoms. The van der Waals surface area contributed by atoms with Crippen LogP contribution in [-0.2, 0) is 14.8 Å². The highest BCUT2D eigenvalue weighted by Gasteiger charge is 2.09. The minimum atomic E-state index is -3.20. The fourth-order valence-electron chi connectivity index (χ4n) is 1.15. The lowest BCUT2D eigenvalue weighted by molar-refractivity contribution is 0.163. The van der Waals surface area contributed by atoms with E-state index in [0.717, 1.165) is 12.8 Å². The molecule has 0 aromatic heterocycles. The van der Waals surface area contributed by atoms with E-state index in [1.165, 1.54) is 0 Å². The average molecular weight is 253 g/mol. The number of ether oxygens (including phenoxy) is 1. The van der Waals surface area contributed by atoms with Gasteiger partial charge in [-0.2, -0.15) is 0 Å². The molecule has 6 heteroatoms. The molecule has 0 fully saturated rings. The fourth-order valence-corrected chi connectivity index (χ4v) is 2.09. The molecule has 0 aliphatic heterocycles. The van der Waals surface area contributed by atoms with Crippen LogP contribution < -0.4 is 4.72 Å². The number of rotatable bonds is 10. The van der Waals surface area contributed by atoms with Crippen molar-refractivity contribution >= 4 is 10.0 Å². The van der Waals surface area contributed by atoms with E-state index >= 15 is 0 Å². The van der Waals surface area contributed by atoms with Crippen molar-refractivity contribution in [3.05, 3.63) is 0 Å². The summed E-state index contributed by atoms with van der Waals surface area (Å²) in [6, 6.07) is 0. The van der Waals surface area contributed by atoms with Gasteiger partial charge in [0, 0.05) is 19.8 Å². The number of aliphatic hydroxyl groups excluding tert-OH is 1. The Bertz CT molecular complexity index is 254. The van der Waals surface area contributed by atoms with Crippen molar-refractivity contribution in [3.8, 4) is 0 Å². The molecule has 0 aliphatic carbocycles. The number of aliphatic hydroxyl groups is 1. The van der Waals surface area contributed by atoms with Gasteiger partial charge in [0.2, 0.25) is 10.0 Å². The quantitative estimate of drug-likeness (QED) is 0.551. The molecule has 0 rings (SSSR count). The van der Waals surface area contributed by atoms with Crippen LogP contribution in [0.5, 0.6) is 0 Å². The molecule has 2 N–H and O–H groups in total. The van der Waals surface area contributed by atoms with Gasteiger partial charge in [-0.25, -0.2) is 13.1 Å². The van der Waals surface area contributed by atoms with E-state index in [4.69, 9.17) is 9.84 Å². The topological polar surface area (TPSA) is 75.6 Å². The Morgan fingerprint density at radius 3 is 2.69 bits per heavy atom. The predicted octanol–water partition coefficient (Wildman–Crippen LogP) is 0.351. The lowest BCUT2D eigenvalue weighted by atomic mass is 10.1. The second-order valence-electron chi connectivity index (χ2n) is 3.84. The first-order valence-corrected chi connectivity index (χ1v) is 7.33. The lowest BCUT2D eigenvalue weighted by Gasteiger charge is -2.09. The van der Waals surface area contributed by atoms with Crippen molar-refractivity contribution in [3.63, 3.8) is 0 Å². The first kappa shape index (κ1) is 15.8. The Kier molecular flexibility index (Phi) is 8.83. The minimum absolute atomic E-state index is 0.0103. The van der Waals surface area contributed by atoms with Gasteiger partial charge < -0.3 is 9.84 Å². The van der Waals surface area contributed by atoms with E-state index in [0.29, 0.717) is 13.2 Å². The zero-order valence-electron chi connectivity index (χ0n) is 10.1. The molecule has 0 bridgehead atoms. The van der Waals surface area contributed by atoms with Gasteiger partial charge in [0.05, 0.1) is 12.4 Å². The number of hydrogen-bond donors (Lipinski definition) is 2. The summed E-state index contributed by atoms with van der Waals surface area (Å²) in [6.07, 6.45) is 1.57. The lowest BCUT2D eigenvalue weighted by Crippen LogP contribution is -2.29. The van der Waals surface area contributed by atoms with Crippen molar-refractivity contribution in [1.82, 2.24) is 4.72 Å². The number of hydrogen-bond acceptors (Lipinski definition) is 4. The van der Waals surface area contributed by atoms with Gasteiger partial charge in [0.1, 0.15) is 0 Å². The normalized spacial score (nSPS) is 13.9. The number of sulfonamides is 1. The van der Waals surface area contributed by atoms with Gasteiger partial charge in [0.15, 0.2) is 0 Å². The molecule has 0 aromatic carbocycles. The van der Waals surface area contributed by atoms with Crippen LogP contribution in [0.1, 0.15) is 26.7 Å². The molecule has 0 radical (unpaired) electrons. The summed E-state index contributed by atoms with van der Waals surface area (Å²) in [5, 5.41) is 8.78. The summed E-state index contributed by atoms with van der Waals surface area (Å²) in [7, 11) is -3.20. The first-order chi connectivity index (χ1) is 7.52. The maximum atomic E-state index is 11.4. The Morgan fingerprint density at radius 1 is 1.44 bits per heavy atom. The highest BCUT2D eigenvalue weighted by molar-refractivity contribution is 7.89. The fraction of sp³-hybridized carbons (Fsp3) is 1.00. The van der Waals surface area contributed by atoms with Crippen LogP contribution in [0.15, 0.2) is 0 Å². The highest BCUT2D eigenvalue weighted by atomic mass is 32.2. The Hall–Kier alpha value is -0.170. The van der Waals surface area contributed by atoms with Crippen molar-refractivity contribution in [2.24, 2.45) is 5.92 Å². The summed E-state index contributed by atoms with van der Waals surface area (Å²) in [4.78, 5) is 0. The molecule has 0 saturated carbocycles. The monoisotopic (exact) mass is 253 g/mol. The van der Waals surface area contributed by atoms with Crippen LogP contribution in [-0.4, -0.2) is 45.6 Å². The van der Waals surface area contributed by atoms with Crippen molar-refractivity contribution in [2.75, 3.05) is 32.1 Å². The molecule has 0 spiro atoms. The first-order valence-electron chi connectivity index (χ1n) is 5.67. The molecule has 0 amide bonds. The van der Waals surface area contributed by atoms with E-state index in [1.807, 2.05) is 13.8 Å². The average Bonchev–Trinajstić information content (AvgIpc) is 2.24. The molecule has 1 atom stereocenters. The third kappa shape index (κ3) is 9.08. The molecule has 0 heterocycles. The standard InChI is InChI=1S/C10H23NO4S/c1-3-15-7-8-16(13,14)11-6-4-5-10(2)9-12/h10-12H,3-9H2,1-2H3. The van der Waals surface area contributed by atoms with Gasteiger partial charge in [0.25, 0.3) is 0 Å². The van der Waals surface area contributed by atoms with Gasteiger partial charge in [-0.15, -0.1) is 0 Å². The zero-order valence-corrected chi connectivity index (χ0v) is 10.9. The van der Waals surface area contributed by atoms with Crippen molar-refractivity contribution in [1.29, 1.82) is 0 Å². The van der Waals surface area contributed by atoms with E-state index in [9.17, 15) is 8.42 Å². The summed E-state index contributed by atoms with van der Waals surface area (Å²) < 4.78 is 30.2. The van der Waals surface area contributed by atoms with Crippen LogP contribution >= 0.6 is 0 Å². The Labute approximate surface area is 98.2 Å². The molecular weight excluding hydrogens is 230 g/mol. The Morgan fingerprint density at radius 2 is 2.12 bits per heavy atom. The van der Waals surface area contributed by atoms with Crippen LogP contribution in [0.4, 0.5) is 0 Å². The van der Waals surface area contributed by atoms with Gasteiger partial charge in [-0.05, 0) is 25.7 Å². The second-order valence-corrected chi connectivity index (χ2v) is 5.77. The maximum Gasteiger partial charge on any atom is 0.213 e. The molecule has 1 unspecified atom stereocenters. The maximum absolute atomic E-state index is 11.4. The SMILES string of the molecule is CCOCCS(=O)(=O)NCCCC(C)CO.